The summed E-state index contributed by atoms with van der Waals surface area (Å²) in [5.41, 5.74) is 2.55. The lowest BCUT2D eigenvalue weighted by Gasteiger charge is -2.35. The van der Waals surface area contributed by atoms with Gasteiger partial charge >= 0.3 is 0 Å². The Hall–Kier alpha value is -3.22. The second-order valence-electron chi connectivity index (χ2n) is 6.96. The molecule has 28 heavy (non-hydrogen) atoms. The van der Waals surface area contributed by atoms with Crippen LogP contribution in [0.4, 0.5) is 17.6 Å². The second kappa shape index (κ2) is 8.21. The van der Waals surface area contributed by atoms with Crippen molar-refractivity contribution in [2.45, 2.75) is 20.4 Å². The van der Waals surface area contributed by atoms with E-state index in [4.69, 9.17) is 0 Å². The maximum atomic E-state index is 4.65. The average Bonchev–Trinajstić information content (AvgIpc) is 2.74. The highest BCUT2D eigenvalue weighted by Gasteiger charge is 2.20. The standard InChI is InChI=1S/C21H25N7/c1-16-6-3-4-7-18(16)15-24-19-14-20(26-17(2)25-19)27-10-12-28(13-11-27)21-22-8-5-9-23-21/h3-9,14H,10-13,15H2,1-2H3,(H,24,25,26). The molecule has 7 heteroatoms. The molecule has 0 amide bonds. The van der Waals surface area contributed by atoms with E-state index in [2.05, 4.69) is 66.2 Å². The topological polar surface area (TPSA) is 70.1 Å². The summed E-state index contributed by atoms with van der Waals surface area (Å²) in [5.74, 6) is 3.40. The lowest BCUT2D eigenvalue weighted by molar-refractivity contribution is 0.633. The van der Waals surface area contributed by atoms with Crippen LogP contribution in [-0.2, 0) is 6.54 Å². The molecule has 0 atom stereocenters. The highest BCUT2D eigenvalue weighted by atomic mass is 15.3. The smallest absolute Gasteiger partial charge is 0.225 e. The molecule has 144 valence electrons. The average molecular weight is 375 g/mol. The summed E-state index contributed by atoms with van der Waals surface area (Å²) in [6.07, 6.45) is 3.57. The molecule has 1 N–H and O–H groups in total. The Bertz CT molecular complexity index is 921. The van der Waals surface area contributed by atoms with Gasteiger partial charge in [0.25, 0.3) is 0 Å². The zero-order valence-electron chi connectivity index (χ0n) is 16.3. The number of rotatable bonds is 5. The molecule has 7 nitrogen and oxygen atoms in total. The van der Waals surface area contributed by atoms with E-state index in [0.29, 0.717) is 0 Å². The molecule has 0 spiro atoms. The lowest BCUT2D eigenvalue weighted by Crippen LogP contribution is -2.47. The lowest BCUT2D eigenvalue weighted by atomic mass is 10.1. The third-order valence-corrected chi connectivity index (χ3v) is 4.98. The van der Waals surface area contributed by atoms with Gasteiger partial charge in [0.05, 0.1) is 0 Å². The van der Waals surface area contributed by atoms with Crippen LogP contribution in [0, 0.1) is 13.8 Å². The first-order chi connectivity index (χ1) is 13.7. The second-order valence-corrected chi connectivity index (χ2v) is 6.96. The maximum absolute atomic E-state index is 4.65. The number of aromatic nitrogens is 4. The SMILES string of the molecule is Cc1nc(NCc2ccccc2C)cc(N2CCN(c3ncccn3)CC2)n1. The Balaban J connectivity index is 1.42. The summed E-state index contributed by atoms with van der Waals surface area (Å²) in [6.45, 7) is 8.33. The number of anilines is 3. The van der Waals surface area contributed by atoms with Gasteiger partial charge in [-0.15, -0.1) is 0 Å². The first-order valence-corrected chi connectivity index (χ1v) is 9.60. The van der Waals surface area contributed by atoms with Crippen molar-refractivity contribution in [2.75, 3.05) is 41.3 Å². The predicted molar refractivity (Wildman–Crippen MR) is 112 cm³/mol. The Kier molecular flexibility index (Phi) is 5.32. The summed E-state index contributed by atoms with van der Waals surface area (Å²) < 4.78 is 0. The Labute approximate surface area is 165 Å². The van der Waals surface area contributed by atoms with Gasteiger partial charge in [-0.05, 0) is 31.0 Å². The summed E-state index contributed by atoms with van der Waals surface area (Å²) in [6, 6.07) is 12.3. The summed E-state index contributed by atoms with van der Waals surface area (Å²) in [5, 5.41) is 3.45. The molecule has 0 bridgehead atoms. The first kappa shape index (κ1) is 18.2. The number of piperazine rings is 1. The van der Waals surface area contributed by atoms with Gasteiger partial charge in [-0.2, -0.15) is 0 Å². The Morgan fingerprint density at radius 3 is 2.36 bits per heavy atom. The van der Waals surface area contributed by atoms with E-state index >= 15 is 0 Å². The van der Waals surface area contributed by atoms with E-state index in [1.165, 1.54) is 11.1 Å². The maximum Gasteiger partial charge on any atom is 0.225 e. The Morgan fingerprint density at radius 2 is 1.61 bits per heavy atom. The zero-order chi connectivity index (χ0) is 19.3. The van der Waals surface area contributed by atoms with Gasteiger partial charge < -0.3 is 15.1 Å². The van der Waals surface area contributed by atoms with Crippen molar-refractivity contribution in [1.82, 2.24) is 19.9 Å². The number of nitrogens with one attached hydrogen (secondary N) is 1. The molecular formula is C21H25N7. The van der Waals surface area contributed by atoms with Gasteiger partial charge in [0.2, 0.25) is 5.95 Å². The van der Waals surface area contributed by atoms with Crippen LogP contribution < -0.4 is 15.1 Å². The molecule has 1 aliphatic rings. The molecular weight excluding hydrogens is 350 g/mol. The van der Waals surface area contributed by atoms with Crippen molar-refractivity contribution in [1.29, 1.82) is 0 Å². The largest absolute Gasteiger partial charge is 0.366 e. The molecule has 3 heterocycles. The molecule has 3 aromatic rings. The van der Waals surface area contributed by atoms with Crippen LogP contribution in [0.5, 0.6) is 0 Å². The van der Waals surface area contributed by atoms with Gasteiger partial charge in [-0.25, -0.2) is 19.9 Å². The minimum absolute atomic E-state index is 0.752. The fourth-order valence-corrected chi connectivity index (χ4v) is 3.39. The highest BCUT2D eigenvalue weighted by Crippen LogP contribution is 2.20. The van der Waals surface area contributed by atoms with Crippen molar-refractivity contribution in [2.24, 2.45) is 0 Å². The van der Waals surface area contributed by atoms with Crippen LogP contribution in [0.1, 0.15) is 17.0 Å². The van der Waals surface area contributed by atoms with Crippen molar-refractivity contribution in [3.63, 3.8) is 0 Å². The van der Waals surface area contributed by atoms with Crippen LogP contribution in [0.15, 0.2) is 48.8 Å². The molecule has 0 radical (unpaired) electrons. The number of hydrogen-bond donors (Lipinski definition) is 1. The summed E-state index contributed by atoms with van der Waals surface area (Å²) >= 11 is 0. The number of benzene rings is 1. The molecule has 2 aromatic heterocycles. The van der Waals surface area contributed by atoms with E-state index in [9.17, 15) is 0 Å². The first-order valence-electron chi connectivity index (χ1n) is 9.60. The molecule has 1 aliphatic heterocycles. The van der Waals surface area contributed by atoms with Gasteiger partial charge in [0, 0.05) is 51.2 Å². The van der Waals surface area contributed by atoms with Gasteiger partial charge in [-0.3, -0.25) is 0 Å². The molecule has 0 unspecified atom stereocenters. The van der Waals surface area contributed by atoms with Crippen LogP contribution in [0.2, 0.25) is 0 Å². The van der Waals surface area contributed by atoms with E-state index in [0.717, 1.165) is 56.1 Å². The Morgan fingerprint density at radius 1 is 0.893 bits per heavy atom. The van der Waals surface area contributed by atoms with E-state index < -0.39 is 0 Å². The van der Waals surface area contributed by atoms with Crippen LogP contribution in [-0.4, -0.2) is 46.1 Å². The number of nitrogens with zero attached hydrogens (tertiary/aromatic N) is 6. The predicted octanol–water partition coefficient (Wildman–Crippen LogP) is 2.82. The minimum atomic E-state index is 0.752. The van der Waals surface area contributed by atoms with E-state index in [-0.39, 0.29) is 0 Å². The third-order valence-electron chi connectivity index (χ3n) is 4.98. The van der Waals surface area contributed by atoms with Crippen molar-refractivity contribution < 1.29 is 0 Å². The van der Waals surface area contributed by atoms with Crippen molar-refractivity contribution >= 4 is 17.6 Å². The zero-order valence-corrected chi connectivity index (χ0v) is 16.3. The van der Waals surface area contributed by atoms with Gasteiger partial charge in [0.15, 0.2) is 0 Å². The number of aryl methyl sites for hydroxylation is 2. The minimum Gasteiger partial charge on any atom is -0.366 e. The highest BCUT2D eigenvalue weighted by molar-refractivity contribution is 5.51. The number of hydrogen-bond acceptors (Lipinski definition) is 7. The monoisotopic (exact) mass is 375 g/mol. The van der Waals surface area contributed by atoms with Crippen LogP contribution in [0.25, 0.3) is 0 Å². The fraction of sp³-hybridized carbons (Fsp3) is 0.333. The molecule has 1 saturated heterocycles. The summed E-state index contributed by atoms with van der Waals surface area (Å²) in [7, 11) is 0. The molecule has 4 rings (SSSR count). The van der Waals surface area contributed by atoms with Crippen LogP contribution >= 0.6 is 0 Å². The molecule has 0 saturated carbocycles. The fourth-order valence-electron chi connectivity index (χ4n) is 3.39. The van der Waals surface area contributed by atoms with Crippen molar-refractivity contribution in [3.8, 4) is 0 Å². The molecule has 1 aromatic carbocycles. The summed E-state index contributed by atoms with van der Waals surface area (Å²) in [4.78, 5) is 22.4. The third kappa shape index (κ3) is 4.19. The van der Waals surface area contributed by atoms with E-state index in [1.807, 2.05) is 19.1 Å². The van der Waals surface area contributed by atoms with E-state index in [1.54, 1.807) is 12.4 Å². The molecule has 0 aliphatic carbocycles. The molecule has 1 fully saturated rings. The quantitative estimate of drug-likeness (QED) is 0.735. The van der Waals surface area contributed by atoms with Gasteiger partial charge in [0.1, 0.15) is 17.5 Å². The van der Waals surface area contributed by atoms with Crippen LogP contribution in [0.3, 0.4) is 0 Å². The normalized spacial score (nSPS) is 14.2. The van der Waals surface area contributed by atoms with Gasteiger partial charge in [-0.1, -0.05) is 24.3 Å². The van der Waals surface area contributed by atoms with Crippen molar-refractivity contribution in [3.05, 3.63) is 65.7 Å².